The van der Waals surface area contributed by atoms with E-state index in [1.807, 2.05) is 54.9 Å². The van der Waals surface area contributed by atoms with Crippen LogP contribution in [0.5, 0.6) is 0 Å². The van der Waals surface area contributed by atoms with Crippen molar-refractivity contribution in [2.75, 3.05) is 5.32 Å². The molecule has 2 aromatic carbocycles. The zero-order valence-electron chi connectivity index (χ0n) is 14.2. The minimum absolute atomic E-state index is 0.0534. The molecule has 3 nitrogen and oxygen atoms in total. The van der Waals surface area contributed by atoms with Gasteiger partial charge in [0.05, 0.1) is 0 Å². The van der Waals surface area contributed by atoms with E-state index in [-0.39, 0.29) is 5.91 Å². The number of anilines is 1. The van der Waals surface area contributed by atoms with Crippen molar-refractivity contribution in [3.8, 4) is 0 Å². The van der Waals surface area contributed by atoms with Gasteiger partial charge in [-0.2, -0.15) is 0 Å². The van der Waals surface area contributed by atoms with Crippen molar-refractivity contribution in [2.24, 2.45) is 0 Å². The Labute approximate surface area is 157 Å². The molecule has 0 atom stereocenters. The second-order valence-corrected chi connectivity index (χ2v) is 6.58. The molecule has 0 saturated carbocycles. The lowest BCUT2D eigenvalue weighted by Crippen LogP contribution is -2.33. The van der Waals surface area contributed by atoms with Gasteiger partial charge in [-0.3, -0.25) is 4.79 Å². The standard InChI is InChI=1S/C22H17ClN2O/c23-14-17-5-7-18(8-6-17)15-25-11-9-16(10-12-25)13-20-19-3-1-2-4-21(19)24-22(20)26/h1-13H,14-15H2/p+1. The first-order valence-electron chi connectivity index (χ1n) is 8.48. The number of hydrogen-bond donors (Lipinski definition) is 1. The molecular weight excluding hydrogens is 344 g/mol. The van der Waals surface area contributed by atoms with Crippen LogP contribution in [0.2, 0.25) is 0 Å². The average Bonchev–Trinajstić information content (AvgIpc) is 2.99. The van der Waals surface area contributed by atoms with E-state index in [4.69, 9.17) is 11.6 Å². The SMILES string of the molecule is O=C1Nc2ccccc2/C1=C\c1cc[n+](Cc2ccc(CCl)cc2)cc1. The van der Waals surface area contributed by atoms with Gasteiger partial charge >= 0.3 is 0 Å². The molecule has 1 N–H and O–H groups in total. The predicted molar refractivity (Wildman–Crippen MR) is 105 cm³/mol. The molecule has 0 spiro atoms. The van der Waals surface area contributed by atoms with Crippen LogP contribution < -0.4 is 9.88 Å². The molecule has 0 fully saturated rings. The Hall–Kier alpha value is -2.91. The molecule has 0 radical (unpaired) electrons. The van der Waals surface area contributed by atoms with Crippen molar-refractivity contribution in [1.82, 2.24) is 0 Å². The van der Waals surface area contributed by atoms with Crippen LogP contribution in [0.4, 0.5) is 5.69 Å². The van der Waals surface area contributed by atoms with Gasteiger partial charge in [0.25, 0.3) is 5.91 Å². The van der Waals surface area contributed by atoms with E-state index < -0.39 is 0 Å². The van der Waals surface area contributed by atoms with E-state index in [1.165, 1.54) is 5.56 Å². The summed E-state index contributed by atoms with van der Waals surface area (Å²) in [6.45, 7) is 0.794. The normalized spacial score (nSPS) is 14.3. The Morgan fingerprint density at radius 1 is 0.923 bits per heavy atom. The first-order chi connectivity index (χ1) is 12.7. The second kappa shape index (κ2) is 7.14. The number of carbonyl (C=O) groups excluding carboxylic acids is 1. The van der Waals surface area contributed by atoms with Gasteiger partial charge in [0.1, 0.15) is 0 Å². The quantitative estimate of drug-likeness (QED) is 0.420. The molecule has 4 heteroatoms. The number of hydrogen-bond acceptors (Lipinski definition) is 1. The fourth-order valence-corrected chi connectivity index (χ4v) is 3.24. The Kier molecular flexibility index (Phi) is 4.55. The molecule has 3 aromatic rings. The Morgan fingerprint density at radius 3 is 2.35 bits per heavy atom. The highest BCUT2D eigenvalue weighted by Crippen LogP contribution is 2.32. The van der Waals surface area contributed by atoms with Crippen LogP contribution in [-0.4, -0.2) is 5.91 Å². The molecule has 0 unspecified atom stereocenters. The number of alkyl halides is 1. The highest BCUT2D eigenvalue weighted by Gasteiger charge is 2.23. The molecule has 0 bridgehead atoms. The van der Waals surface area contributed by atoms with Crippen molar-refractivity contribution >= 4 is 34.8 Å². The third-order valence-electron chi connectivity index (χ3n) is 4.48. The summed E-state index contributed by atoms with van der Waals surface area (Å²) in [7, 11) is 0. The zero-order chi connectivity index (χ0) is 17.9. The minimum Gasteiger partial charge on any atom is -0.321 e. The summed E-state index contributed by atoms with van der Waals surface area (Å²) >= 11 is 5.83. The van der Waals surface area contributed by atoms with Crippen molar-refractivity contribution in [3.05, 3.63) is 95.3 Å². The third-order valence-corrected chi connectivity index (χ3v) is 4.79. The molecular formula is C22H18ClN2O+. The van der Waals surface area contributed by atoms with Gasteiger partial charge in [-0.1, -0.05) is 42.5 Å². The van der Waals surface area contributed by atoms with Crippen molar-refractivity contribution < 1.29 is 9.36 Å². The van der Waals surface area contributed by atoms with Crippen LogP contribution in [0.25, 0.3) is 11.6 Å². The van der Waals surface area contributed by atoms with Gasteiger partial charge in [0, 0.05) is 40.4 Å². The number of halogens is 1. The second-order valence-electron chi connectivity index (χ2n) is 6.31. The number of rotatable bonds is 4. The van der Waals surface area contributed by atoms with Gasteiger partial charge in [0.15, 0.2) is 18.9 Å². The van der Waals surface area contributed by atoms with Crippen LogP contribution in [0, 0.1) is 0 Å². The molecule has 0 saturated heterocycles. The zero-order valence-corrected chi connectivity index (χ0v) is 14.9. The fourth-order valence-electron chi connectivity index (χ4n) is 3.06. The number of nitrogens with one attached hydrogen (secondary N) is 1. The number of benzene rings is 2. The number of para-hydroxylation sites is 1. The summed E-state index contributed by atoms with van der Waals surface area (Å²) in [6.07, 6.45) is 5.99. The van der Waals surface area contributed by atoms with E-state index in [2.05, 4.69) is 34.1 Å². The van der Waals surface area contributed by atoms with Crippen LogP contribution >= 0.6 is 11.6 Å². The molecule has 1 amide bonds. The number of amides is 1. The summed E-state index contributed by atoms with van der Waals surface area (Å²) in [6, 6.07) is 20.1. The number of pyridine rings is 1. The van der Waals surface area contributed by atoms with Gasteiger partial charge in [0.2, 0.25) is 0 Å². The fraction of sp³-hybridized carbons (Fsp3) is 0.0909. The van der Waals surface area contributed by atoms with E-state index in [0.717, 1.165) is 28.9 Å². The van der Waals surface area contributed by atoms with E-state index in [9.17, 15) is 4.79 Å². The van der Waals surface area contributed by atoms with E-state index in [0.29, 0.717) is 11.5 Å². The molecule has 2 heterocycles. The summed E-state index contributed by atoms with van der Waals surface area (Å²) in [5.41, 5.74) is 5.87. The van der Waals surface area contributed by atoms with Crippen LogP contribution in [-0.2, 0) is 17.2 Å². The maximum atomic E-state index is 12.2. The van der Waals surface area contributed by atoms with Gasteiger partial charge in [-0.05, 0) is 23.3 Å². The van der Waals surface area contributed by atoms with Crippen molar-refractivity contribution in [3.63, 3.8) is 0 Å². The maximum absolute atomic E-state index is 12.2. The molecule has 26 heavy (non-hydrogen) atoms. The monoisotopic (exact) mass is 361 g/mol. The molecule has 128 valence electrons. The molecule has 0 aliphatic carbocycles. The summed E-state index contributed by atoms with van der Waals surface area (Å²) in [4.78, 5) is 12.2. The summed E-state index contributed by atoms with van der Waals surface area (Å²) in [5.74, 6) is 0.482. The number of nitrogens with zero attached hydrogens (tertiary/aromatic N) is 1. The molecule has 1 aliphatic rings. The topological polar surface area (TPSA) is 33.0 Å². The van der Waals surface area contributed by atoms with Crippen LogP contribution in [0.1, 0.15) is 22.3 Å². The summed E-state index contributed by atoms with van der Waals surface area (Å²) in [5, 5.41) is 2.90. The molecule has 4 rings (SSSR count). The minimum atomic E-state index is -0.0534. The van der Waals surface area contributed by atoms with Gasteiger partial charge < -0.3 is 5.32 Å². The van der Waals surface area contributed by atoms with Gasteiger partial charge in [-0.25, -0.2) is 4.57 Å². The lowest BCUT2D eigenvalue weighted by molar-refractivity contribution is -0.688. The number of fused-ring (bicyclic) bond motifs is 1. The molecule has 1 aliphatic heterocycles. The lowest BCUT2D eigenvalue weighted by Gasteiger charge is -2.01. The molecule has 1 aromatic heterocycles. The number of aromatic nitrogens is 1. The van der Waals surface area contributed by atoms with E-state index in [1.54, 1.807) is 0 Å². The third kappa shape index (κ3) is 3.39. The Balaban J connectivity index is 1.53. The summed E-state index contributed by atoms with van der Waals surface area (Å²) < 4.78 is 2.11. The maximum Gasteiger partial charge on any atom is 0.256 e. The largest absolute Gasteiger partial charge is 0.321 e. The van der Waals surface area contributed by atoms with Crippen molar-refractivity contribution in [2.45, 2.75) is 12.4 Å². The Morgan fingerprint density at radius 2 is 1.62 bits per heavy atom. The van der Waals surface area contributed by atoms with Crippen LogP contribution in [0.3, 0.4) is 0 Å². The smallest absolute Gasteiger partial charge is 0.256 e. The highest BCUT2D eigenvalue weighted by molar-refractivity contribution is 6.34. The highest BCUT2D eigenvalue weighted by atomic mass is 35.5. The Bertz CT molecular complexity index is 976. The lowest BCUT2D eigenvalue weighted by atomic mass is 10.0. The predicted octanol–water partition coefficient (Wildman–Crippen LogP) is 4.25. The first-order valence-corrected chi connectivity index (χ1v) is 9.02. The van der Waals surface area contributed by atoms with Crippen LogP contribution in [0.15, 0.2) is 73.1 Å². The van der Waals surface area contributed by atoms with E-state index >= 15 is 0 Å². The average molecular weight is 362 g/mol. The van der Waals surface area contributed by atoms with Crippen molar-refractivity contribution in [1.29, 1.82) is 0 Å². The first kappa shape index (κ1) is 16.6. The number of carbonyl (C=O) groups is 1. The van der Waals surface area contributed by atoms with Gasteiger partial charge in [-0.15, -0.1) is 11.6 Å².